The van der Waals surface area contributed by atoms with Crippen LogP contribution in [0.1, 0.15) is 16.2 Å². The first-order valence-corrected chi connectivity index (χ1v) is 4.36. The Kier molecular flexibility index (Phi) is 1.93. The van der Waals surface area contributed by atoms with E-state index in [1.54, 1.807) is 25.1 Å². The van der Waals surface area contributed by atoms with Crippen LogP contribution < -0.4 is 0 Å². The summed E-state index contributed by atoms with van der Waals surface area (Å²) in [4.78, 5) is 14.8. The number of fused-ring (bicyclic) bond motifs is 1. The molecule has 1 N–H and O–H groups in total. The Hall–Kier alpha value is -1.55. The van der Waals surface area contributed by atoms with Crippen LogP contribution in [-0.2, 0) is 0 Å². The van der Waals surface area contributed by atoms with Gasteiger partial charge in [0.05, 0.1) is 0 Å². The van der Waals surface area contributed by atoms with Crippen molar-refractivity contribution in [2.24, 2.45) is 0 Å². The Morgan fingerprint density at radius 1 is 1.57 bits per heavy atom. The highest BCUT2D eigenvalue weighted by atomic mass is 35.5. The maximum Gasteiger partial charge on any atom is 0.356 e. The summed E-state index contributed by atoms with van der Waals surface area (Å²) >= 11 is 5.72. The van der Waals surface area contributed by atoms with Crippen molar-refractivity contribution in [1.29, 1.82) is 0 Å². The SMILES string of the molecule is Cc1cccc2nc(Cl)c(C(=O)O)n12. The van der Waals surface area contributed by atoms with E-state index in [9.17, 15) is 4.79 Å². The first-order chi connectivity index (χ1) is 6.61. The Morgan fingerprint density at radius 3 is 2.93 bits per heavy atom. The van der Waals surface area contributed by atoms with Crippen LogP contribution in [0.15, 0.2) is 18.2 Å². The zero-order valence-electron chi connectivity index (χ0n) is 7.36. The number of aryl methyl sites for hydroxylation is 1. The number of carbonyl (C=O) groups is 1. The number of rotatable bonds is 1. The van der Waals surface area contributed by atoms with Crippen molar-refractivity contribution in [3.05, 3.63) is 34.7 Å². The van der Waals surface area contributed by atoms with Crippen LogP contribution in [-0.4, -0.2) is 20.5 Å². The lowest BCUT2D eigenvalue weighted by Gasteiger charge is -2.00. The van der Waals surface area contributed by atoms with Gasteiger partial charge in [0.2, 0.25) is 0 Å². The first kappa shape index (κ1) is 9.02. The highest BCUT2D eigenvalue weighted by Crippen LogP contribution is 2.19. The van der Waals surface area contributed by atoms with E-state index in [4.69, 9.17) is 16.7 Å². The molecule has 72 valence electrons. The van der Waals surface area contributed by atoms with Crippen LogP contribution in [0.4, 0.5) is 0 Å². The van der Waals surface area contributed by atoms with Gasteiger partial charge in [0, 0.05) is 5.69 Å². The van der Waals surface area contributed by atoms with Gasteiger partial charge in [-0.15, -0.1) is 0 Å². The summed E-state index contributed by atoms with van der Waals surface area (Å²) < 4.78 is 1.52. The smallest absolute Gasteiger partial charge is 0.356 e. The van der Waals surface area contributed by atoms with E-state index < -0.39 is 5.97 Å². The molecular formula is C9H7ClN2O2. The zero-order chi connectivity index (χ0) is 10.3. The van der Waals surface area contributed by atoms with Crippen molar-refractivity contribution < 1.29 is 9.90 Å². The number of pyridine rings is 1. The number of aromatic nitrogens is 2. The van der Waals surface area contributed by atoms with E-state index in [-0.39, 0.29) is 10.8 Å². The fourth-order valence-electron chi connectivity index (χ4n) is 1.41. The van der Waals surface area contributed by atoms with E-state index in [1.165, 1.54) is 4.40 Å². The third kappa shape index (κ3) is 1.15. The van der Waals surface area contributed by atoms with Crippen molar-refractivity contribution >= 4 is 23.2 Å². The lowest BCUT2D eigenvalue weighted by Crippen LogP contribution is -2.04. The second-order valence-electron chi connectivity index (χ2n) is 2.92. The van der Waals surface area contributed by atoms with E-state index in [2.05, 4.69) is 4.98 Å². The molecule has 0 aliphatic heterocycles. The number of hydrogen-bond donors (Lipinski definition) is 1. The minimum Gasteiger partial charge on any atom is -0.476 e. The lowest BCUT2D eigenvalue weighted by molar-refractivity contribution is 0.0689. The summed E-state index contributed by atoms with van der Waals surface area (Å²) in [7, 11) is 0. The van der Waals surface area contributed by atoms with Gasteiger partial charge in [-0.05, 0) is 19.1 Å². The molecule has 2 aromatic rings. The van der Waals surface area contributed by atoms with Crippen molar-refractivity contribution in [1.82, 2.24) is 9.38 Å². The molecule has 0 amide bonds. The fraction of sp³-hybridized carbons (Fsp3) is 0.111. The highest BCUT2D eigenvalue weighted by molar-refractivity contribution is 6.32. The number of imidazole rings is 1. The van der Waals surface area contributed by atoms with Crippen LogP contribution in [0.3, 0.4) is 0 Å². The van der Waals surface area contributed by atoms with Crippen molar-refractivity contribution in [2.45, 2.75) is 6.92 Å². The number of nitrogens with zero attached hydrogens (tertiary/aromatic N) is 2. The second-order valence-corrected chi connectivity index (χ2v) is 3.28. The predicted molar refractivity (Wildman–Crippen MR) is 51.9 cm³/mol. The fourth-order valence-corrected chi connectivity index (χ4v) is 1.66. The highest BCUT2D eigenvalue weighted by Gasteiger charge is 2.17. The van der Waals surface area contributed by atoms with Crippen LogP contribution in [0.25, 0.3) is 5.65 Å². The summed E-state index contributed by atoms with van der Waals surface area (Å²) in [5.41, 5.74) is 1.35. The molecule has 0 spiro atoms. The van der Waals surface area contributed by atoms with Gasteiger partial charge >= 0.3 is 5.97 Å². The molecule has 0 aliphatic carbocycles. The maximum absolute atomic E-state index is 10.9. The number of carboxylic acids is 1. The Morgan fingerprint density at radius 2 is 2.29 bits per heavy atom. The Bertz CT molecular complexity index is 519. The molecule has 0 radical (unpaired) electrons. The normalized spacial score (nSPS) is 10.7. The maximum atomic E-state index is 10.9. The van der Waals surface area contributed by atoms with Gasteiger partial charge in [0.15, 0.2) is 10.8 Å². The van der Waals surface area contributed by atoms with Gasteiger partial charge in [0.25, 0.3) is 0 Å². The van der Waals surface area contributed by atoms with Crippen molar-refractivity contribution in [2.75, 3.05) is 0 Å². The molecule has 2 aromatic heterocycles. The molecule has 0 aliphatic rings. The molecule has 2 rings (SSSR count). The monoisotopic (exact) mass is 210 g/mol. The van der Waals surface area contributed by atoms with E-state index in [1.807, 2.05) is 0 Å². The molecule has 4 nitrogen and oxygen atoms in total. The van der Waals surface area contributed by atoms with Crippen molar-refractivity contribution in [3.63, 3.8) is 0 Å². The number of hydrogen-bond acceptors (Lipinski definition) is 2. The topological polar surface area (TPSA) is 54.6 Å². The van der Waals surface area contributed by atoms with Gasteiger partial charge in [-0.25, -0.2) is 9.78 Å². The molecule has 0 atom stereocenters. The average Bonchev–Trinajstić information content (AvgIpc) is 2.42. The van der Waals surface area contributed by atoms with E-state index in [0.717, 1.165) is 5.69 Å². The van der Waals surface area contributed by atoms with E-state index >= 15 is 0 Å². The first-order valence-electron chi connectivity index (χ1n) is 3.98. The second kappa shape index (κ2) is 2.99. The predicted octanol–water partition coefficient (Wildman–Crippen LogP) is 1.99. The third-order valence-electron chi connectivity index (χ3n) is 2.00. The Labute approximate surface area is 84.8 Å². The molecule has 0 saturated heterocycles. The standard InChI is InChI=1S/C9H7ClN2O2/c1-5-3-2-4-6-11-8(10)7(9(13)14)12(5)6/h2-4H,1H3,(H,13,14). The van der Waals surface area contributed by atoms with Crippen LogP contribution in [0, 0.1) is 6.92 Å². The Balaban J connectivity index is 2.93. The van der Waals surface area contributed by atoms with Gasteiger partial charge in [-0.2, -0.15) is 0 Å². The molecule has 2 heterocycles. The minimum atomic E-state index is -1.07. The van der Waals surface area contributed by atoms with Gasteiger partial charge in [0.1, 0.15) is 5.65 Å². The molecule has 0 fully saturated rings. The average molecular weight is 211 g/mol. The van der Waals surface area contributed by atoms with Gasteiger partial charge < -0.3 is 5.11 Å². The van der Waals surface area contributed by atoms with E-state index in [0.29, 0.717) is 5.65 Å². The molecule has 14 heavy (non-hydrogen) atoms. The number of aromatic carboxylic acids is 1. The lowest BCUT2D eigenvalue weighted by atomic mass is 10.3. The quantitative estimate of drug-likeness (QED) is 0.783. The molecule has 5 heteroatoms. The molecule has 0 unspecified atom stereocenters. The number of halogens is 1. The molecule has 0 bridgehead atoms. The molecule has 0 aromatic carbocycles. The van der Waals surface area contributed by atoms with Crippen LogP contribution >= 0.6 is 11.6 Å². The summed E-state index contributed by atoms with van der Waals surface area (Å²) in [5, 5.41) is 8.95. The zero-order valence-corrected chi connectivity index (χ0v) is 8.12. The molecule has 0 saturated carbocycles. The summed E-state index contributed by atoms with van der Waals surface area (Å²) in [6.07, 6.45) is 0. The van der Waals surface area contributed by atoms with Crippen LogP contribution in [0.5, 0.6) is 0 Å². The van der Waals surface area contributed by atoms with Gasteiger partial charge in [-0.1, -0.05) is 17.7 Å². The molecular weight excluding hydrogens is 204 g/mol. The minimum absolute atomic E-state index is 0.0137. The largest absolute Gasteiger partial charge is 0.476 e. The number of carboxylic acid groups (broad SMARTS) is 1. The van der Waals surface area contributed by atoms with Crippen LogP contribution in [0.2, 0.25) is 5.15 Å². The third-order valence-corrected chi connectivity index (χ3v) is 2.26. The summed E-state index contributed by atoms with van der Waals surface area (Å²) in [6.45, 7) is 1.80. The summed E-state index contributed by atoms with van der Waals surface area (Å²) in [6, 6.07) is 5.32. The summed E-state index contributed by atoms with van der Waals surface area (Å²) in [5.74, 6) is -1.07. The van der Waals surface area contributed by atoms with Gasteiger partial charge in [-0.3, -0.25) is 4.40 Å². The van der Waals surface area contributed by atoms with Crippen molar-refractivity contribution in [3.8, 4) is 0 Å².